The Balaban J connectivity index is 1.39. The smallest absolute Gasteiger partial charge is 0.414 e. The largest absolute Gasteiger partial charge is 0.447 e. The van der Waals surface area contributed by atoms with Crippen LogP contribution in [-0.2, 0) is 14.3 Å². The van der Waals surface area contributed by atoms with E-state index in [1.807, 2.05) is 0 Å². The molecule has 0 bridgehead atoms. The molecule has 1 saturated carbocycles. The molecule has 1 aliphatic carbocycles. The van der Waals surface area contributed by atoms with Crippen LogP contribution in [0.5, 0.6) is 0 Å². The average Bonchev–Trinajstić information content (AvgIpc) is 3.26. The minimum absolute atomic E-state index is 0.314. The Labute approximate surface area is 174 Å². The summed E-state index contributed by atoms with van der Waals surface area (Å²) in [5.74, 6) is -0.206. The summed E-state index contributed by atoms with van der Waals surface area (Å²) in [7, 11) is 0. The van der Waals surface area contributed by atoms with Crippen molar-refractivity contribution >= 4 is 35.3 Å². The SMILES string of the molecule is CCC1CCC2(CC1)NC(=O)N(CC(=O)Nc1cccc(N3CCOC3=O)c1)C2=O. The molecule has 4 rings (SSSR count). The van der Waals surface area contributed by atoms with Crippen LogP contribution in [0.15, 0.2) is 24.3 Å². The third-order valence-corrected chi connectivity index (χ3v) is 6.29. The molecule has 0 radical (unpaired) electrons. The molecule has 0 unspecified atom stereocenters. The Morgan fingerprint density at radius 2 is 2.03 bits per heavy atom. The van der Waals surface area contributed by atoms with E-state index < -0.39 is 23.6 Å². The summed E-state index contributed by atoms with van der Waals surface area (Å²) in [4.78, 5) is 52.1. The van der Waals surface area contributed by atoms with Crippen molar-refractivity contribution in [2.24, 2.45) is 5.92 Å². The number of nitrogens with one attached hydrogen (secondary N) is 2. The van der Waals surface area contributed by atoms with Gasteiger partial charge in [-0.15, -0.1) is 0 Å². The minimum Gasteiger partial charge on any atom is -0.447 e. The summed E-state index contributed by atoms with van der Waals surface area (Å²) in [6.45, 7) is 2.55. The van der Waals surface area contributed by atoms with E-state index >= 15 is 0 Å². The highest BCUT2D eigenvalue weighted by Gasteiger charge is 2.52. The summed E-state index contributed by atoms with van der Waals surface area (Å²) in [5, 5.41) is 5.54. The van der Waals surface area contributed by atoms with E-state index in [9.17, 15) is 19.2 Å². The standard InChI is InChI=1S/C21H26N4O5/c1-2-14-6-8-21(9-7-14)18(27)25(19(28)23-21)13-17(26)22-15-4-3-5-16(12-15)24-10-11-30-20(24)29/h3-5,12,14H,2,6-11,13H2,1H3,(H,22,26)(H,23,28). The lowest BCUT2D eigenvalue weighted by Crippen LogP contribution is -2.49. The first-order valence-corrected chi connectivity index (χ1v) is 10.4. The average molecular weight is 414 g/mol. The first-order chi connectivity index (χ1) is 14.4. The summed E-state index contributed by atoms with van der Waals surface area (Å²) in [5.41, 5.74) is 0.221. The number of amides is 5. The summed E-state index contributed by atoms with van der Waals surface area (Å²) in [6, 6.07) is 6.28. The van der Waals surface area contributed by atoms with E-state index in [1.165, 1.54) is 4.90 Å². The van der Waals surface area contributed by atoms with Crippen LogP contribution in [0.25, 0.3) is 0 Å². The lowest BCUT2D eigenvalue weighted by Gasteiger charge is -2.34. The van der Waals surface area contributed by atoms with Gasteiger partial charge in [-0.05, 0) is 49.8 Å². The van der Waals surface area contributed by atoms with Crippen molar-refractivity contribution in [3.63, 3.8) is 0 Å². The van der Waals surface area contributed by atoms with Crippen molar-refractivity contribution < 1.29 is 23.9 Å². The van der Waals surface area contributed by atoms with Gasteiger partial charge in [0.25, 0.3) is 5.91 Å². The van der Waals surface area contributed by atoms with E-state index in [-0.39, 0.29) is 12.5 Å². The van der Waals surface area contributed by atoms with Crippen molar-refractivity contribution in [1.82, 2.24) is 10.2 Å². The molecule has 2 heterocycles. The topological polar surface area (TPSA) is 108 Å². The predicted molar refractivity (Wildman–Crippen MR) is 109 cm³/mol. The number of cyclic esters (lactones) is 1. The second-order valence-corrected chi connectivity index (χ2v) is 8.12. The number of hydrogen-bond acceptors (Lipinski definition) is 5. The van der Waals surface area contributed by atoms with Crippen molar-refractivity contribution in [1.29, 1.82) is 0 Å². The van der Waals surface area contributed by atoms with Crippen LogP contribution in [-0.4, -0.2) is 54.1 Å². The highest BCUT2D eigenvalue weighted by molar-refractivity contribution is 6.10. The molecule has 3 aliphatic rings. The number of nitrogens with zero attached hydrogens (tertiary/aromatic N) is 2. The molecule has 30 heavy (non-hydrogen) atoms. The Hall–Kier alpha value is -3.10. The molecule has 0 aromatic heterocycles. The molecule has 0 atom stereocenters. The van der Waals surface area contributed by atoms with Gasteiger partial charge in [0.2, 0.25) is 5.91 Å². The monoisotopic (exact) mass is 414 g/mol. The minimum atomic E-state index is -0.862. The number of urea groups is 1. The Morgan fingerprint density at radius 3 is 2.70 bits per heavy atom. The molecule has 2 saturated heterocycles. The van der Waals surface area contributed by atoms with Crippen LogP contribution < -0.4 is 15.5 Å². The molecule has 1 aromatic rings. The van der Waals surface area contributed by atoms with Crippen LogP contribution in [0.4, 0.5) is 21.0 Å². The number of benzene rings is 1. The Kier molecular flexibility index (Phi) is 5.36. The zero-order valence-electron chi connectivity index (χ0n) is 17.0. The molecule has 5 amide bonds. The molecule has 9 heteroatoms. The molecule has 3 fully saturated rings. The lowest BCUT2D eigenvalue weighted by molar-refractivity contribution is -0.135. The third kappa shape index (κ3) is 3.71. The molecular weight excluding hydrogens is 388 g/mol. The van der Waals surface area contributed by atoms with Gasteiger partial charge in [-0.25, -0.2) is 9.59 Å². The van der Waals surface area contributed by atoms with E-state index in [2.05, 4.69) is 17.6 Å². The molecule has 2 N–H and O–H groups in total. The number of anilines is 2. The van der Waals surface area contributed by atoms with Gasteiger partial charge in [-0.3, -0.25) is 19.4 Å². The number of hydrogen-bond donors (Lipinski definition) is 2. The van der Waals surface area contributed by atoms with E-state index in [4.69, 9.17) is 4.74 Å². The van der Waals surface area contributed by atoms with E-state index in [1.54, 1.807) is 24.3 Å². The fraction of sp³-hybridized carbons (Fsp3) is 0.524. The Bertz CT molecular complexity index is 878. The van der Waals surface area contributed by atoms with Gasteiger partial charge in [0.15, 0.2) is 0 Å². The maximum atomic E-state index is 12.9. The highest BCUT2D eigenvalue weighted by atomic mass is 16.6. The maximum Gasteiger partial charge on any atom is 0.414 e. The van der Waals surface area contributed by atoms with Crippen LogP contribution >= 0.6 is 0 Å². The van der Waals surface area contributed by atoms with Gasteiger partial charge >= 0.3 is 12.1 Å². The van der Waals surface area contributed by atoms with Gasteiger partial charge in [0.1, 0.15) is 18.7 Å². The van der Waals surface area contributed by atoms with Crippen molar-refractivity contribution in [3.8, 4) is 0 Å². The first kappa shape index (κ1) is 20.2. The van der Waals surface area contributed by atoms with Gasteiger partial charge in [-0.1, -0.05) is 19.4 Å². The predicted octanol–water partition coefficient (Wildman–Crippen LogP) is 2.47. The molecule has 1 spiro atoms. The molecule has 9 nitrogen and oxygen atoms in total. The number of imide groups is 1. The van der Waals surface area contributed by atoms with Crippen LogP contribution in [0.3, 0.4) is 0 Å². The zero-order valence-corrected chi connectivity index (χ0v) is 17.0. The van der Waals surface area contributed by atoms with E-state index in [0.29, 0.717) is 43.3 Å². The van der Waals surface area contributed by atoms with Gasteiger partial charge in [-0.2, -0.15) is 0 Å². The molecule has 2 aliphatic heterocycles. The fourth-order valence-electron chi connectivity index (χ4n) is 4.46. The first-order valence-electron chi connectivity index (χ1n) is 10.4. The normalized spacial score (nSPS) is 26.2. The van der Waals surface area contributed by atoms with Gasteiger partial charge in [0, 0.05) is 11.4 Å². The number of ether oxygens (including phenoxy) is 1. The molecular formula is C21H26N4O5. The fourth-order valence-corrected chi connectivity index (χ4v) is 4.46. The van der Waals surface area contributed by atoms with Crippen molar-refractivity contribution in [2.75, 3.05) is 29.9 Å². The van der Waals surface area contributed by atoms with E-state index in [0.717, 1.165) is 24.2 Å². The zero-order chi connectivity index (χ0) is 21.3. The maximum absolute atomic E-state index is 12.9. The number of rotatable bonds is 5. The number of carbonyl (C=O) groups excluding carboxylic acids is 4. The Morgan fingerprint density at radius 1 is 1.27 bits per heavy atom. The molecule has 160 valence electrons. The van der Waals surface area contributed by atoms with Crippen molar-refractivity contribution in [2.45, 2.75) is 44.6 Å². The summed E-state index contributed by atoms with van der Waals surface area (Å²) >= 11 is 0. The third-order valence-electron chi connectivity index (χ3n) is 6.29. The van der Waals surface area contributed by atoms with Crippen LogP contribution in [0.1, 0.15) is 39.0 Å². The second kappa shape index (κ2) is 7.97. The van der Waals surface area contributed by atoms with Crippen molar-refractivity contribution in [3.05, 3.63) is 24.3 Å². The highest BCUT2D eigenvalue weighted by Crippen LogP contribution is 2.37. The quantitative estimate of drug-likeness (QED) is 0.720. The summed E-state index contributed by atoms with van der Waals surface area (Å²) < 4.78 is 4.93. The molecule has 1 aromatic carbocycles. The van der Waals surface area contributed by atoms with Crippen LogP contribution in [0, 0.1) is 5.92 Å². The number of carbonyl (C=O) groups is 4. The summed E-state index contributed by atoms with van der Waals surface area (Å²) in [6.07, 6.45) is 3.66. The van der Waals surface area contributed by atoms with Gasteiger partial charge in [0.05, 0.1) is 6.54 Å². The second-order valence-electron chi connectivity index (χ2n) is 8.12. The van der Waals surface area contributed by atoms with Gasteiger partial charge < -0.3 is 15.4 Å². The lowest BCUT2D eigenvalue weighted by atomic mass is 9.75. The van der Waals surface area contributed by atoms with Crippen LogP contribution in [0.2, 0.25) is 0 Å².